The van der Waals surface area contributed by atoms with Crippen molar-refractivity contribution in [1.82, 2.24) is 15.2 Å². The molecule has 3 amide bonds. The zero-order valence-corrected chi connectivity index (χ0v) is 12.5. The van der Waals surface area contributed by atoms with Gasteiger partial charge in [0.25, 0.3) is 0 Å². The summed E-state index contributed by atoms with van der Waals surface area (Å²) in [5.41, 5.74) is 2.16. The van der Waals surface area contributed by atoms with Crippen LogP contribution in [-0.2, 0) is 14.4 Å². The molecule has 118 valence electrons. The number of piperidine rings is 1. The number of hydrogen-bond acceptors (Lipinski definition) is 4. The number of hydrogen-bond donors (Lipinski definition) is 2. The third kappa shape index (κ3) is 3.72. The maximum absolute atomic E-state index is 12.2. The number of amides is 3. The number of nitrogens with zero attached hydrogens (tertiary/aromatic N) is 2. The van der Waals surface area contributed by atoms with Gasteiger partial charge in [-0.2, -0.15) is 0 Å². The molecular weight excluding hydrogens is 272 g/mol. The highest BCUT2D eigenvalue weighted by molar-refractivity contribution is 5.86. The molecule has 21 heavy (non-hydrogen) atoms. The molecule has 7 nitrogen and oxygen atoms in total. The molecule has 2 aliphatic heterocycles. The summed E-state index contributed by atoms with van der Waals surface area (Å²) < 4.78 is 0. The quantitative estimate of drug-likeness (QED) is 0.414. The van der Waals surface area contributed by atoms with Crippen molar-refractivity contribution in [3.63, 3.8) is 0 Å². The van der Waals surface area contributed by atoms with Gasteiger partial charge < -0.3 is 9.80 Å². The van der Waals surface area contributed by atoms with Gasteiger partial charge in [-0.1, -0.05) is 13.3 Å². The van der Waals surface area contributed by atoms with Crippen molar-refractivity contribution in [2.45, 2.75) is 32.6 Å². The van der Waals surface area contributed by atoms with Gasteiger partial charge in [0.15, 0.2) is 0 Å². The fraction of sp³-hybridized carbons (Fsp3) is 0.786. The van der Waals surface area contributed by atoms with E-state index in [1.165, 1.54) is 0 Å². The fourth-order valence-electron chi connectivity index (χ4n) is 3.05. The zero-order chi connectivity index (χ0) is 15.4. The molecule has 2 heterocycles. The highest BCUT2D eigenvalue weighted by Crippen LogP contribution is 2.21. The summed E-state index contributed by atoms with van der Waals surface area (Å²) in [6.07, 6.45) is 2.78. The van der Waals surface area contributed by atoms with Gasteiger partial charge in [0.2, 0.25) is 17.7 Å². The van der Waals surface area contributed by atoms with E-state index in [2.05, 4.69) is 12.3 Å². The SMILES string of the molecule is CCC1CC(=O)N(CC(=O)N2CCC(C(=O)NN)CC2)C1. The highest BCUT2D eigenvalue weighted by Gasteiger charge is 2.32. The lowest BCUT2D eigenvalue weighted by atomic mass is 9.96. The van der Waals surface area contributed by atoms with E-state index in [1.54, 1.807) is 9.80 Å². The van der Waals surface area contributed by atoms with E-state index in [4.69, 9.17) is 5.84 Å². The van der Waals surface area contributed by atoms with Crippen molar-refractivity contribution >= 4 is 17.7 Å². The smallest absolute Gasteiger partial charge is 0.242 e. The number of likely N-dealkylation sites (tertiary alicyclic amines) is 2. The predicted octanol–water partition coefficient (Wildman–Crippen LogP) is -0.527. The second kappa shape index (κ2) is 6.89. The Morgan fingerprint density at radius 1 is 1.33 bits per heavy atom. The van der Waals surface area contributed by atoms with Crippen molar-refractivity contribution in [3.8, 4) is 0 Å². The fourth-order valence-corrected chi connectivity index (χ4v) is 3.05. The largest absolute Gasteiger partial charge is 0.341 e. The van der Waals surface area contributed by atoms with E-state index >= 15 is 0 Å². The van der Waals surface area contributed by atoms with Crippen molar-refractivity contribution in [2.24, 2.45) is 17.7 Å². The summed E-state index contributed by atoms with van der Waals surface area (Å²) in [7, 11) is 0. The zero-order valence-electron chi connectivity index (χ0n) is 12.5. The summed E-state index contributed by atoms with van der Waals surface area (Å²) in [6, 6.07) is 0. The summed E-state index contributed by atoms with van der Waals surface area (Å²) in [5, 5.41) is 0. The van der Waals surface area contributed by atoms with Crippen LogP contribution in [0.3, 0.4) is 0 Å². The Morgan fingerprint density at radius 2 is 2.00 bits per heavy atom. The molecule has 0 aromatic heterocycles. The van der Waals surface area contributed by atoms with E-state index in [-0.39, 0.29) is 30.2 Å². The molecular formula is C14H24N4O3. The van der Waals surface area contributed by atoms with Crippen LogP contribution in [0.4, 0.5) is 0 Å². The molecule has 0 aliphatic carbocycles. The summed E-state index contributed by atoms with van der Waals surface area (Å²) in [6.45, 7) is 4.03. The van der Waals surface area contributed by atoms with Crippen molar-refractivity contribution < 1.29 is 14.4 Å². The number of nitrogens with one attached hydrogen (secondary N) is 1. The van der Waals surface area contributed by atoms with Crippen LogP contribution in [0.25, 0.3) is 0 Å². The van der Waals surface area contributed by atoms with Crippen LogP contribution in [0, 0.1) is 11.8 Å². The van der Waals surface area contributed by atoms with E-state index in [9.17, 15) is 14.4 Å². The molecule has 3 N–H and O–H groups in total. The predicted molar refractivity (Wildman–Crippen MR) is 76.6 cm³/mol. The van der Waals surface area contributed by atoms with Crippen LogP contribution < -0.4 is 11.3 Å². The monoisotopic (exact) mass is 296 g/mol. The van der Waals surface area contributed by atoms with Gasteiger partial charge in [0.1, 0.15) is 0 Å². The van der Waals surface area contributed by atoms with Crippen LogP contribution in [0.1, 0.15) is 32.6 Å². The highest BCUT2D eigenvalue weighted by atomic mass is 16.2. The van der Waals surface area contributed by atoms with E-state index in [0.29, 0.717) is 44.8 Å². The first-order chi connectivity index (χ1) is 10.0. The lowest BCUT2D eigenvalue weighted by Gasteiger charge is -2.32. The Hall–Kier alpha value is -1.63. The minimum atomic E-state index is -0.164. The van der Waals surface area contributed by atoms with E-state index in [0.717, 1.165) is 6.42 Å². The lowest BCUT2D eigenvalue weighted by Crippen LogP contribution is -2.47. The average molecular weight is 296 g/mol. The summed E-state index contributed by atoms with van der Waals surface area (Å²) in [5.74, 6) is 5.28. The second-order valence-electron chi connectivity index (χ2n) is 5.92. The summed E-state index contributed by atoms with van der Waals surface area (Å²) >= 11 is 0. The first-order valence-electron chi connectivity index (χ1n) is 7.61. The Bertz CT molecular complexity index is 418. The first kappa shape index (κ1) is 15.8. The average Bonchev–Trinajstić information content (AvgIpc) is 2.86. The molecule has 2 aliphatic rings. The van der Waals surface area contributed by atoms with Crippen LogP contribution in [0.2, 0.25) is 0 Å². The van der Waals surface area contributed by atoms with Crippen molar-refractivity contribution in [3.05, 3.63) is 0 Å². The maximum atomic E-state index is 12.2. The number of nitrogens with two attached hydrogens (primary N) is 1. The maximum Gasteiger partial charge on any atom is 0.242 e. The van der Waals surface area contributed by atoms with Crippen molar-refractivity contribution in [2.75, 3.05) is 26.2 Å². The van der Waals surface area contributed by atoms with Crippen LogP contribution >= 0.6 is 0 Å². The molecule has 1 atom stereocenters. The Kier molecular flexibility index (Phi) is 5.17. The molecule has 0 radical (unpaired) electrons. The molecule has 0 aromatic rings. The Morgan fingerprint density at radius 3 is 2.52 bits per heavy atom. The van der Waals surface area contributed by atoms with Crippen molar-refractivity contribution in [1.29, 1.82) is 0 Å². The van der Waals surface area contributed by atoms with Gasteiger partial charge >= 0.3 is 0 Å². The van der Waals surface area contributed by atoms with Crippen LogP contribution in [-0.4, -0.2) is 53.7 Å². The first-order valence-corrected chi connectivity index (χ1v) is 7.61. The molecule has 0 saturated carbocycles. The number of rotatable bonds is 4. The van der Waals surface area contributed by atoms with E-state index < -0.39 is 0 Å². The third-order valence-corrected chi connectivity index (χ3v) is 4.56. The molecule has 1 unspecified atom stereocenters. The third-order valence-electron chi connectivity index (χ3n) is 4.56. The molecule has 0 spiro atoms. The Labute approximate surface area is 124 Å². The normalized spacial score (nSPS) is 23.5. The standard InChI is InChI=1S/C14H24N4O3/c1-2-10-7-12(19)18(8-10)9-13(20)17-5-3-11(4-6-17)14(21)16-15/h10-11H,2-9,15H2,1H3,(H,16,21). The minimum absolute atomic E-state index is 0.0216. The number of carbonyl (C=O) groups is 3. The molecule has 0 bridgehead atoms. The minimum Gasteiger partial charge on any atom is -0.341 e. The number of carbonyl (C=O) groups excluding carboxylic acids is 3. The molecule has 0 aromatic carbocycles. The van der Waals surface area contributed by atoms with Gasteiger partial charge in [0, 0.05) is 32.0 Å². The van der Waals surface area contributed by atoms with E-state index in [1.807, 2.05) is 0 Å². The van der Waals surface area contributed by atoms with Gasteiger partial charge in [-0.15, -0.1) is 0 Å². The van der Waals surface area contributed by atoms with Gasteiger partial charge in [0.05, 0.1) is 6.54 Å². The second-order valence-corrected chi connectivity index (χ2v) is 5.92. The molecule has 2 rings (SSSR count). The van der Waals surface area contributed by atoms with Gasteiger partial charge in [-0.05, 0) is 18.8 Å². The van der Waals surface area contributed by atoms with Gasteiger partial charge in [-0.3, -0.25) is 19.8 Å². The molecule has 2 fully saturated rings. The summed E-state index contributed by atoms with van der Waals surface area (Å²) in [4.78, 5) is 38.9. The van der Waals surface area contributed by atoms with Gasteiger partial charge in [-0.25, -0.2) is 5.84 Å². The lowest BCUT2D eigenvalue weighted by molar-refractivity contribution is -0.140. The van der Waals surface area contributed by atoms with Crippen LogP contribution in [0.5, 0.6) is 0 Å². The number of hydrazine groups is 1. The Balaban J connectivity index is 1.80. The molecule has 2 saturated heterocycles. The topological polar surface area (TPSA) is 95.7 Å². The van der Waals surface area contributed by atoms with Crippen LogP contribution in [0.15, 0.2) is 0 Å². The molecule has 7 heteroatoms.